The maximum atomic E-state index is 12.4. The Morgan fingerprint density at radius 3 is 2.06 bits per heavy atom. The summed E-state index contributed by atoms with van der Waals surface area (Å²) in [6.07, 6.45) is 1.48. The van der Waals surface area contributed by atoms with Gasteiger partial charge >= 0.3 is 29.6 Å². The number of fused-ring (bicyclic) bond motifs is 1. The number of sulfonamides is 1. The minimum absolute atomic E-state index is 0. The van der Waals surface area contributed by atoms with E-state index >= 15 is 0 Å². The van der Waals surface area contributed by atoms with Gasteiger partial charge in [0.25, 0.3) is 5.69 Å². The van der Waals surface area contributed by atoms with Crippen LogP contribution in [0.15, 0.2) is 64.4 Å². The van der Waals surface area contributed by atoms with Crippen molar-refractivity contribution in [3.63, 3.8) is 0 Å². The molecule has 0 aromatic heterocycles. The van der Waals surface area contributed by atoms with E-state index in [-0.39, 0.29) is 57.5 Å². The van der Waals surface area contributed by atoms with Crippen LogP contribution in [0.4, 0.5) is 5.69 Å². The number of nitrogens with zero attached hydrogens (tertiary/aromatic N) is 1. The van der Waals surface area contributed by atoms with Crippen molar-refractivity contribution in [1.82, 2.24) is 4.72 Å². The molecule has 2 aliphatic rings. The fourth-order valence-corrected chi connectivity index (χ4v) is 5.49. The first-order valence-electron chi connectivity index (χ1n) is 10.7. The maximum Gasteiger partial charge on any atom is 1.00 e. The molecule has 0 fully saturated rings. The minimum Gasteiger partial charge on any atom is -0.744 e. The second-order valence-electron chi connectivity index (χ2n) is 8.24. The van der Waals surface area contributed by atoms with Gasteiger partial charge in [0, 0.05) is 18.7 Å². The van der Waals surface area contributed by atoms with Gasteiger partial charge in [-0.2, -0.15) is 0 Å². The zero-order valence-electron chi connectivity index (χ0n) is 19.7. The van der Waals surface area contributed by atoms with Crippen molar-refractivity contribution in [3.8, 4) is 11.1 Å². The Morgan fingerprint density at radius 2 is 1.51 bits per heavy atom. The average molecular weight is 529 g/mol. The summed E-state index contributed by atoms with van der Waals surface area (Å²) >= 11 is 0. The van der Waals surface area contributed by atoms with Crippen LogP contribution in [0.2, 0.25) is 0 Å². The van der Waals surface area contributed by atoms with Crippen LogP contribution in [0.1, 0.15) is 43.7 Å². The summed E-state index contributed by atoms with van der Waals surface area (Å²) in [6.45, 7) is 4.17. The molecule has 0 spiro atoms. The zero-order valence-corrected chi connectivity index (χ0v) is 23.4. The maximum absolute atomic E-state index is 12.4. The van der Waals surface area contributed by atoms with Crippen LogP contribution in [-0.4, -0.2) is 32.9 Å². The summed E-state index contributed by atoms with van der Waals surface area (Å²) in [4.78, 5) is 9.79. The SMILES string of the molecule is CC(C)c1ccc2c(CCCCNS(=O)(=O)c3ccc([N+](=O)[O-])cc3)cc(S(=O)(=O)[O-])c-2cc1.[Na+]. The number of benzene rings is 1. The van der Waals surface area contributed by atoms with Crippen LogP contribution in [-0.2, 0) is 26.6 Å². The van der Waals surface area contributed by atoms with E-state index in [9.17, 15) is 31.5 Å². The van der Waals surface area contributed by atoms with E-state index in [0.29, 0.717) is 36.0 Å². The van der Waals surface area contributed by atoms with E-state index in [1.54, 1.807) is 6.07 Å². The van der Waals surface area contributed by atoms with Gasteiger partial charge in [-0.1, -0.05) is 38.1 Å². The van der Waals surface area contributed by atoms with Gasteiger partial charge in [0.1, 0.15) is 10.1 Å². The second kappa shape index (κ2) is 11.9. The number of aryl methyl sites for hydroxylation is 1. The summed E-state index contributed by atoms with van der Waals surface area (Å²) < 4.78 is 62.6. The third-order valence-electron chi connectivity index (χ3n) is 5.55. The molecule has 1 N–H and O–H groups in total. The van der Waals surface area contributed by atoms with E-state index in [1.807, 2.05) is 32.0 Å². The number of nitro benzene ring substituents is 1. The Balaban J connectivity index is 0.00000432. The summed E-state index contributed by atoms with van der Waals surface area (Å²) in [5, 5.41) is 10.7. The monoisotopic (exact) mass is 528 g/mol. The number of non-ortho nitro benzene ring substituents is 1. The molecule has 0 unspecified atom stereocenters. The van der Waals surface area contributed by atoms with Gasteiger partial charge in [0.05, 0.1) is 14.7 Å². The van der Waals surface area contributed by atoms with Gasteiger partial charge < -0.3 is 4.55 Å². The molecule has 3 rings (SSSR count). The molecule has 0 radical (unpaired) electrons. The molecular formula is C23H25N2NaO7S2. The van der Waals surface area contributed by atoms with Gasteiger partial charge in [-0.15, -0.1) is 0 Å². The molecule has 2 aliphatic carbocycles. The number of nitro groups is 1. The van der Waals surface area contributed by atoms with Crippen LogP contribution in [0, 0.1) is 10.1 Å². The van der Waals surface area contributed by atoms with Crippen LogP contribution in [0.3, 0.4) is 0 Å². The zero-order chi connectivity index (χ0) is 25.1. The van der Waals surface area contributed by atoms with Crippen molar-refractivity contribution in [2.45, 2.75) is 48.8 Å². The molecule has 0 atom stereocenters. The predicted octanol–water partition coefficient (Wildman–Crippen LogP) is 1.03. The summed E-state index contributed by atoms with van der Waals surface area (Å²) in [6, 6.07) is 13.2. The summed E-state index contributed by atoms with van der Waals surface area (Å²) in [5.74, 6) is 0.232. The van der Waals surface area contributed by atoms with Gasteiger partial charge in [-0.25, -0.2) is 21.6 Å². The quantitative estimate of drug-likeness (QED) is 0.136. The molecule has 35 heavy (non-hydrogen) atoms. The number of nitrogens with one attached hydrogen (secondary N) is 1. The van der Waals surface area contributed by atoms with E-state index in [4.69, 9.17) is 0 Å². The second-order valence-corrected chi connectivity index (χ2v) is 11.4. The molecule has 9 nitrogen and oxygen atoms in total. The van der Waals surface area contributed by atoms with Crippen molar-refractivity contribution in [1.29, 1.82) is 0 Å². The van der Waals surface area contributed by atoms with E-state index in [0.717, 1.165) is 17.7 Å². The topological polar surface area (TPSA) is 147 Å². The molecule has 1 aromatic carbocycles. The van der Waals surface area contributed by atoms with Crippen molar-refractivity contribution < 1.29 is 55.9 Å². The molecule has 0 saturated heterocycles. The van der Waals surface area contributed by atoms with Crippen molar-refractivity contribution in [2.24, 2.45) is 0 Å². The number of unbranched alkanes of at least 4 members (excludes halogenated alkanes) is 1. The number of rotatable bonds is 10. The molecule has 0 bridgehead atoms. The average Bonchev–Trinajstić information content (AvgIpc) is 2.96. The van der Waals surface area contributed by atoms with E-state index < -0.39 is 25.1 Å². The predicted molar refractivity (Wildman–Crippen MR) is 126 cm³/mol. The Kier molecular flexibility index (Phi) is 10.0. The molecular weight excluding hydrogens is 503 g/mol. The number of hydrogen-bond acceptors (Lipinski definition) is 7. The van der Waals surface area contributed by atoms with Crippen LogP contribution < -0.4 is 34.3 Å². The van der Waals surface area contributed by atoms with Crippen LogP contribution >= 0.6 is 0 Å². The normalized spacial score (nSPS) is 12.0. The molecule has 182 valence electrons. The van der Waals surface area contributed by atoms with Gasteiger partial charge in [0.15, 0.2) is 0 Å². The largest absolute Gasteiger partial charge is 1.00 e. The van der Waals surface area contributed by atoms with Crippen LogP contribution in [0.25, 0.3) is 11.1 Å². The first kappa shape index (κ1) is 29.4. The molecule has 0 saturated carbocycles. The van der Waals surface area contributed by atoms with E-state index in [1.165, 1.54) is 18.2 Å². The minimum atomic E-state index is -4.65. The molecule has 0 heterocycles. The van der Waals surface area contributed by atoms with Crippen LogP contribution in [0.5, 0.6) is 0 Å². The summed E-state index contributed by atoms with van der Waals surface area (Å²) in [7, 11) is -8.46. The van der Waals surface area contributed by atoms with Gasteiger partial charge in [-0.05, 0) is 65.6 Å². The van der Waals surface area contributed by atoms with Crippen molar-refractivity contribution in [2.75, 3.05) is 6.54 Å². The van der Waals surface area contributed by atoms with E-state index in [2.05, 4.69) is 4.72 Å². The molecule has 0 amide bonds. The standard InChI is InChI=1S/C23H26N2O7S2.Na/c1-16(2)17-6-12-21-18(15-23(34(30,31)32)22(21)13-7-17)5-3-4-14-24-33(28,29)20-10-8-19(9-11-20)25(26)27;/h6-13,15-16,24H,3-5,14H2,1-2H3,(H,30,31,32);/q;+1/p-1. The third kappa shape index (κ3) is 7.32. The Labute approximate surface area is 227 Å². The van der Waals surface area contributed by atoms with Gasteiger partial charge in [-0.3, -0.25) is 10.1 Å². The fraction of sp³-hybridized carbons (Fsp3) is 0.304. The Hall–Kier alpha value is -1.86. The van der Waals surface area contributed by atoms with Crippen molar-refractivity contribution >= 4 is 25.8 Å². The van der Waals surface area contributed by atoms with Crippen molar-refractivity contribution in [3.05, 3.63) is 75.8 Å². The summed E-state index contributed by atoms with van der Waals surface area (Å²) in [5.41, 5.74) is 2.60. The van der Waals surface area contributed by atoms with Gasteiger partial charge in [0.2, 0.25) is 10.0 Å². The third-order valence-corrected chi connectivity index (χ3v) is 7.90. The Bertz CT molecular complexity index is 1370. The first-order chi connectivity index (χ1) is 15.9. The molecule has 12 heteroatoms. The molecule has 0 aliphatic heterocycles. The number of hydrogen-bond donors (Lipinski definition) is 1. The first-order valence-corrected chi connectivity index (χ1v) is 13.5. The Morgan fingerprint density at radius 1 is 0.914 bits per heavy atom. The fourth-order valence-electron chi connectivity index (χ4n) is 3.68. The molecule has 1 aromatic rings. The smallest absolute Gasteiger partial charge is 0.744 e.